The highest BCUT2D eigenvalue weighted by Crippen LogP contribution is 2.35. The lowest BCUT2D eigenvalue weighted by Crippen LogP contribution is -2.35. The Bertz CT molecular complexity index is 1470. The monoisotopic (exact) mass is 619 g/mol. The summed E-state index contributed by atoms with van der Waals surface area (Å²) < 4.78 is 41.8. The summed E-state index contributed by atoms with van der Waals surface area (Å²) >= 11 is 0. The summed E-state index contributed by atoms with van der Waals surface area (Å²) in [5.74, 6) is 0.938. The summed E-state index contributed by atoms with van der Waals surface area (Å²) in [7, 11) is -0.935. The van der Waals surface area contributed by atoms with Gasteiger partial charge in [0.05, 0.1) is 37.2 Å². The van der Waals surface area contributed by atoms with Crippen LogP contribution >= 0.6 is 0 Å². The van der Waals surface area contributed by atoms with E-state index < -0.39 is 16.6 Å². The number of fused-ring (bicyclic) bond motifs is 1. The fourth-order valence-corrected chi connectivity index (χ4v) is 7.53. The zero-order chi connectivity index (χ0) is 30.5. The number of amides is 1. The number of carbonyl (C=O) groups excluding carboxylic acids is 1. The number of ether oxygens (including phenoxy) is 5. The van der Waals surface area contributed by atoms with Crippen molar-refractivity contribution < 1.29 is 32.7 Å². The molecule has 0 N–H and O–H groups in total. The van der Waals surface area contributed by atoms with E-state index >= 15 is 0 Å². The maximum Gasteiger partial charge on any atom is 0.410 e. The van der Waals surface area contributed by atoms with E-state index in [0.717, 1.165) is 57.9 Å². The van der Waals surface area contributed by atoms with E-state index in [4.69, 9.17) is 23.7 Å². The molecule has 2 unspecified atom stereocenters. The van der Waals surface area contributed by atoms with Gasteiger partial charge in [-0.05, 0) is 72.4 Å². The number of cyclic esters (lactones) is 1. The van der Waals surface area contributed by atoms with Gasteiger partial charge in [-0.2, -0.15) is 0 Å². The van der Waals surface area contributed by atoms with Crippen LogP contribution in [0.25, 0.3) is 0 Å². The van der Waals surface area contributed by atoms with E-state index in [1.165, 1.54) is 12.8 Å². The van der Waals surface area contributed by atoms with Gasteiger partial charge in [0.15, 0.2) is 0 Å². The van der Waals surface area contributed by atoms with Crippen molar-refractivity contribution in [1.29, 1.82) is 0 Å². The molecule has 3 aromatic carbocycles. The van der Waals surface area contributed by atoms with E-state index in [0.29, 0.717) is 44.8 Å². The molecule has 3 aliphatic rings. The zero-order valence-corrected chi connectivity index (χ0v) is 26.3. The lowest BCUT2D eigenvalue weighted by atomic mass is 10.0. The molecule has 2 fully saturated rings. The van der Waals surface area contributed by atoms with Crippen LogP contribution in [0, 0.1) is 0 Å². The molecule has 8 nitrogen and oxygen atoms in total. The molecule has 0 bridgehead atoms. The zero-order valence-electron chi connectivity index (χ0n) is 25.5. The highest BCUT2D eigenvalue weighted by molar-refractivity contribution is 7.85. The molecule has 44 heavy (non-hydrogen) atoms. The van der Waals surface area contributed by atoms with Gasteiger partial charge in [-0.25, -0.2) is 4.79 Å². The van der Waals surface area contributed by atoms with E-state index in [-0.39, 0.29) is 12.2 Å². The van der Waals surface area contributed by atoms with Gasteiger partial charge in [0.1, 0.15) is 24.2 Å². The van der Waals surface area contributed by atoms with Crippen LogP contribution < -0.4 is 9.47 Å². The predicted molar refractivity (Wildman–Crippen MR) is 167 cm³/mol. The fourth-order valence-electron chi connectivity index (χ4n) is 5.90. The fraction of sp³-hybridized carbons (Fsp3) is 0.457. The van der Waals surface area contributed by atoms with Crippen molar-refractivity contribution in [3.8, 4) is 11.5 Å². The molecule has 0 radical (unpaired) electrons. The summed E-state index contributed by atoms with van der Waals surface area (Å²) in [5, 5.41) is 0.292. The first-order valence-corrected chi connectivity index (χ1v) is 16.7. The molecule has 0 spiro atoms. The minimum Gasteiger partial charge on any atom is -0.491 e. The molecule has 1 saturated heterocycles. The quantitative estimate of drug-likeness (QED) is 0.208. The average molecular weight is 620 g/mol. The van der Waals surface area contributed by atoms with Gasteiger partial charge in [-0.1, -0.05) is 43.2 Å². The van der Waals surface area contributed by atoms with E-state index in [1.807, 2.05) is 80.6 Å². The summed E-state index contributed by atoms with van der Waals surface area (Å²) in [6.07, 6.45) is 4.59. The summed E-state index contributed by atoms with van der Waals surface area (Å²) in [6.45, 7) is 6.69. The van der Waals surface area contributed by atoms with Gasteiger partial charge >= 0.3 is 6.09 Å². The van der Waals surface area contributed by atoms with Gasteiger partial charge < -0.3 is 28.6 Å². The number of hydrogen-bond donors (Lipinski definition) is 0. The third-order valence-electron chi connectivity index (χ3n) is 8.37. The van der Waals surface area contributed by atoms with Crippen molar-refractivity contribution in [3.63, 3.8) is 0 Å². The molecule has 234 valence electrons. The Kier molecular flexibility index (Phi) is 9.54. The normalized spacial score (nSPS) is 20.2. The first kappa shape index (κ1) is 30.6. The maximum atomic E-state index is 12.8. The SMILES string of the molecule is CC1(C)OCc2cc(C3CN(CCc4ccc(OCCOCc5cccc(S(=O)C6CCCC6)c5)cc4)C(=O)O3)ccc2O1. The minimum atomic E-state index is -0.935. The standard InChI is InChI=1S/C35H41NO7S/c1-35(2)41-24-28-21-27(12-15-32(28)43-35)33-22-36(34(37)42-33)17-16-25-10-13-29(14-11-25)40-19-18-39-23-26-6-5-9-31(20-26)44(38)30-7-3-4-8-30/h5-6,9-15,20-21,30,33H,3-4,7-8,16-19,22-24H2,1-2H3. The van der Waals surface area contributed by atoms with Crippen molar-refractivity contribution in [2.75, 3.05) is 26.3 Å². The van der Waals surface area contributed by atoms with E-state index in [1.54, 1.807) is 4.90 Å². The number of rotatable bonds is 12. The third kappa shape index (κ3) is 7.62. The summed E-state index contributed by atoms with van der Waals surface area (Å²) in [5.41, 5.74) is 4.05. The van der Waals surface area contributed by atoms with Crippen LogP contribution in [-0.2, 0) is 44.6 Å². The van der Waals surface area contributed by atoms with Crippen LogP contribution in [0.15, 0.2) is 71.6 Å². The molecule has 1 aliphatic carbocycles. The first-order valence-electron chi connectivity index (χ1n) is 15.5. The van der Waals surface area contributed by atoms with Gasteiger partial charge in [0.2, 0.25) is 5.79 Å². The first-order chi connectivity index (χ1) is 21.3. The summed E-state index contributed by atoms with van der Waals surface area (Å²) in [4.78, 5) is 15.2. The molecule has 2 aliphatic heterocycles. The minimum absolute atomic E-state index is 0.292. The van der Waals surface area contributed by atoms with Crippen LogP contribution in [0.3, 0.4) is 0 Å². The second-order valence-electron chi connectivity index (χ2n) is 12.1. The lowest BCUT2D eigenvalue weighted by Gasteiger charge is -2.32. The van der Waals surface area contributed by atoms with Gasteiger partial charge in [0.25, 0.3) is 0 Å². The molecule has 2 atom stereocenters. The number of carbonyl (C=O) groups is 1. The highest BCUT2D eigenvalue weighted by atomic mass is 32.2. The third-order valence-corrected chi connectivity index (χ3v) is 10.2. The number of nitrogens with zero attached hydrogens (tertiary/aromatic N) is 1. The second kappa shape index (κ2) is 13.7. The van der Waals surface area contributed by atoms with Crippen LogP contribution in [-0.4, -0.2) is 52.5 Å². The average Bonchev–Trinajstić information content (AvgIpc) is 3.70. The molecule has 9 heteroatoms. The summed E-state index contributed by atoms with van der Waals surface area (Å²) in [6, 6.07) is 21.8. The Morgan fingerprint density at radius 3 is 2.61 bits per heavy atom. The van der Waals surface area contributed by atoms with Gasteiger partial charge in [-0.15, -0.1) is 0 Å². The van der Waals surface area contributed by atoms with E-state index in [2.05, 4.69) is 0 Å². The maximum absolute atomic E-state index is 12.8. The molecular formula is C35H41NO7S. The van der Waals surface area contributed by atoms with Crippen molar-refractivity contribution in [1.82, 2.24) is 4.90 Å². The molecule has 0 aromatic heterocycles. The molecule has 6 rings (SSSR count). The molecule has 2 heterocycles. The van der Waals surface area contributed by atoms with Crippen LogP contribution in [0.2, 0.25) is 0 Å². The second-order valence-corrected chi connectivity index (χ2v) is 13.9. The molecule has 1 amide bonds. The van der Waals surface area contributed by atoms with Crippen LogP contribution in [0.4, 0.5) is 4.79 Å². The Morgan fingerprint density at radius 2 is 1.80 bits per heavy atom. The Balaban J connectivity index is 0.908. The molecule has 3 aromatic rings. The Morgan fingerprint density at radius 1 is 0.977 bits per heavy atom. The largest absolute Gasteiger partial charge is 0.491 e. The van der Waals surface area contributed by atoms with Crippen LogP contribution in [0.1, 0.15) is 67.9 Å². The molecule has 1 saturated carbocycles. The van der Waals surface area contributed by atoms with Crippen molar-refractivity contribution >= 4 is 16.9 Å². The van der Waals surface area contributed by atoms with Gasteiger partial charge in [-0.3, -0.25) is 4.21 Å². The molecular weight excluding hydrogens is 578 g/mol. The predicted octanol–water partition coefficient (Wildman–Crippen LogP) is 6.71. The van der Waals surface area contributed by atoms with Gasteiger partial charge in [0, 0.05) is 36.1 Å². The number of benzene rings is 3. The smallest absolute Gasteiger partial charge is 0.410 e. The Hall–Kier alpha value is -3.40. The van der Waals surface area contributed by atoms with Crippen molar-refractivity contribution in [2.24, 2.45) is 0 Å². The highest BCUT2D eigenvalue weighted by Gasteiger charge is 2.34. The number of hydrogen-bond acceptors (Lipinski definition) is 7. The topological polar surface area (TPSA) is 83.5 Å². The van der Waals surface area contributed by atoms with Crippen LogP contribution in [0.5, 0.6) is 11.5 Å². The van der Waals surface area contributed by atoms with E-state index in [9.17, 15) is 9.00 Å². The van der Waals surface area contributed by atoms with Crippen molar-refractivity contribution in [2.45, 2.75) is 81.2 Å². The Labute approximate surface area is 262 Å². The lowest BCUT2D eigenvalue weighted by molar-refractivity contribution is -0.180. The van der Waals surface area contributed by atoms with Crippen molar-refractivity contribution in [3.05, 3.63) is 89.0 Å².